The molecule has 0 N–H and O–H groups in total. The summed E-state index contributed by atoms with van der Waals surface area (Å²) in [6.07, 6.45) is 3.92. The van der Waals surface area contributed by atoms with Gasteiger partial charge in [0.2, 0.25) is 0 Å². The molecular weight excluding hydrogens is 609 g/mol. The Hall–Kier alpha value is -6.65. The molecule has 0 bridgehead atoms. The lowest BCUT2D eigenvalue weighted by atomic mass is 9.87. The SMILES string of the molecule is Cc1nc2cc(-c3ncc(-c4cc5ccc6cccc7c8cccc9ccc%10cccc(c(c4)c5c67)c%10c98)cn3)ccc2n1-c1ccccc1. The van der Waals surface area contributed by atoms with Crippen molar-refractivity contribution in [2.45, 2.75) is 6.92 Å². The second kappa shape index (κ2) is 10.2. The number of hydrogen-bond acceptors (Lipinski definition) is 3. The second-order valence-electron chi connectivity index (χ2n) is 13.3. The number of para-hydroxylation sites is 1. The summed E-state index contributed by atoms with van der Waals surface area (Å²) in [5.74, 6) is 1.63. The zero-order chi connectivity index (χ0) is 32.9. The molecule has 232 valence electrons. The molecule has 50 heavy (non-hydrogen) atoms. The average molecular weight is 637 g/mol. The molecule has 9 aromatic carbocycles. The maximum Gasteiger partial charge on any atom is 0.159 e. The molecule has 0 aliphatic carbocycles. The molecule has 2 aromatic heterocycles. The minimum Gasteiger partial charge on any atom is -0.297 e. The van der Waals surface area contributed by atoms with Crippen LogP contribution in [0.15, 0.2) is 152 Å². The van der Waals surface area contributed by atoms with Crippen LogP contribution < -0.4 is 0 Å². The van der Waals surface area contributed by atoms with Gasteiger partial charge in [-0.25, -0.2) is 15.0 Å². The van der Waals surface area contributed by atoms with Gasteiger partial charge in [0.1, 0.15) is 5.82 Å². The molecule has 0 unspecified atom stereocenters. The highest BCUT2D eigenvalue weighted by Crippen LogP contribution is 2.44. The molecule has 0 saturated heterocycles. The maximum absolute atomic E-state index is 4.90. The van der Waals surface area contributed by atoms with Crippen molar-refractivity contribution in [3.8, 4) is 28.2 Å². The molecule has 0 aliphatic heterocycles. The second-order valence-corrected chi connectivity index (χ2v) is 13.3. The molecule has 0 spiro atoms. The van der Waals surface area contributed by atoms with Crippen LogP contribution in [-0.2, 0) is 0 Å². The van der Waals surface area contributed by atoms with Crippen molar-refractivity contribution in [2.24, 2.45) is 0 Å². The van der Waals surface area contributed by atoms with E-state index in [-0.39, 0.29) is 0 Å². The summed E-state index contributed by atoms with van der Waals surface area (Å²) < 4.78 is 2.19. The number of aromatic nitrogens is 4. The quantitative estimate of drug-likeness (QED) is 0.181. The van der Waals surface area contributed by atoms with Gasteiger partial charge in [0.05, 0.1) is 11.0 Å². The largest absolute Gasteiger partial charge is 0.297 e. The van der Waals surface area contributed by atoms with Crippen LogP contribution in [0.25, 0.3) is 104 Å². The Kier molecular flexibility index (Phi) is 5.56. The molecular formula is C46H28N4. The predicted molar refractivity (Wildman–Crippen MR) is 208 cm³/mol. The summed E-state index contributed by atoms with van der Waals surface area (Å²) in [5, 5.41) is 15.2. The number of hydrogen-bond donors (Lipinski definition) is 0. The number of rotatable bonds is 3. The summed E-state index contributed by atoms with van der Waals surface area (Å²) in [6.45, 7) is 2.04. The lowest BCUT2D eigenvalue weighted by Gasteiger charge is -2.17. The summed E-state index contributed by atoms with van der Waals surface area (Å²) >= 11 is 0. The van der Waals surface area contributed by atoms with Gasteiger partial charge in [0.15, 0.2) is 5.82 Å². The van der Waals surface area contributed by atoms with Crippen molar-refractivity contribution in [1.29, 1.82) is 0 Å². The minimum atomic E-state index is 0.682. The zero-order valence-corrected chi connectivity index (χ0v) is 27.2. The lowest BCUT2D eigenvalue weighted by molar-refractivity contribution is 1.00. The van der Waals surface area contributed by atoms with Crippen LogP contribution in [0.3, 0.4) is 0 Å². The van der Waals surface area contributed by atoms with Gasteiger partial charge >= 0.3 is 0 Å². The fourth-order valence-corrected chi connectivity index (χ4v) is 8.32. The molecule has 4 nitrogen and oxygen atoms in total. The van der Waals surface area contributed by atoms with Gasteiger partial charge in [-0.05, 0) is 120 Å². The molecule has 0 aliphatic rings. The molecule has 0 amide bonds. The maximum atomic E-state index is 4.90. The van der Waals surface area contributed by atoms with Gasteiger partial charge in [-0.3, -0.25) is 4.57 Å². The predicted octanol–water partition coefficient (Wildman–Crippen LogP) is 11.8. The molecule has 0 fully saturated rings. The number of nitrogens with zero attached hydrogens (tertiary/aromatic N) is 4. The fourth-order valence-electron chi connectivity index (χ4n) is 8.32. The number of imidazole rings is 1. The van der Waals surface area contributed by atoms with E-state index in [2.05, 4.69) is 138 Å². The first-order chi connectivity index (χ1) is 24.7. The molecule has 0 radical (unpaired) electrons. The van der Waals surface area contributed by atoms with E-state index < -0.39 is 0 Å². The Labute approximate surface area is 287 Å². The van der Waals surface area contributed by atoms with Gasteiger partial charge in [0, 0.05) is 29.2 Å². The van der Waals surface area contributed by atoms with Crippen LogP contribution in [0, 0.1) is 6.92 Å². The molecule has 2 heterocycles. The van der Waals surface area contributed by atoms with E-state index in [4.69, 9.17) is 15.0 Å². The Balaban J connectivity index is 1.12. The third kappa shape index (κ3) is 3.84. The van der Waals surface area contributed by atoms with E-state index in [1.807, 2.05) is 25.4 Å². The Morgan fingerprint density at radius 2 is 1.02 bits per heavy atom. The van der Waals surface area contributed by atoms with Crippen molar-refractivity contribution >= 4 is 75.7 Å². The highest BCUT2D eigenvalue weighted by molar-refractivity contribution is 6.37. The van der Waals surface area contributed by atoms with Crippen LogP contribution in [0.5, 0.6) is 0 Å². The first-order valence-electron chi connectivity index (χ1n) is 17.0. The topological polar surface area (TPSA) is 43.6 Å². The number of benzene rings is 8. The molecule has 4 heteroatoms. The van der Waals surface area contributed by atoms with E-state index in [0.717, 1.165) is 39.2 Å². The summed E-state index contributed by atoms with van der Waals surface area (Å²) in [5.41, 5.74) is 6.12. The zero-order valence-electron chi connectivity index (χ0n) is 27.2. The average Bonchev–Trinajstić information content (AvgIpc) is 3.51. The van der Waals surface area contributed by atoms with Crippen molar-refractivity contribution in [1.82, 2.24) is 19.5 Å². The highest BCUT2D eigenvalue weighted by Gasteiger charge is 2.17. The van der Waals surface area contributed by atoms with Gasteiger partial charge in [-0.15, -0.1) is 0 Å². The van der Waals surface area contributed by atoms with Crippen LogP contribution in [0.1, 0.15) is 5.82 Å². The van der Waals surface area contributed by atoms with Crippen LogP contribution >= 0.6 is 0 Å². The monoisotopic (exact) mass is 636 g/mol. The van der Waals surface area contributed by atoms with Crippen LogP contribution in [0.2, 0.25) is 0 Å². The summed E-state index contributed by atoms with van der Waals surface area (Å²) in [7, 11) is 0. The molecule has 11 rings (SSSR count). The Morgan fingerprint density at radius 1 is 0.440 bits per heavy atom. The van der Waals surface area contributed by atoms with Crippen molar-refractivity contribution < 1.29 is 0 Å². The fraction of sp³-hybridized carbons (Fsp3) is 0.0217. The van der Waals surface area contributed by atoms with Gasteiger partial charge in [-0.1, -0.05) is 97.1 Å². The number of fused-ring (bicyclic) bond motifs is 3. The van der Waals surface area contributed by atoms with Gasteiger partial charge in [0.25, 0.3) is 0 Å². The molecule has 0 saturated carbocycles. The minimum absolute atomic E-state index is 0.682. The lowest BCUT2D eigenvalue weighted by Crippen LogP contribution is -1.96. The first kappa shape index (κ1) is 27.3. The molecule has 11 aromatic rings. The standard InChI is InChI=1S/C46H28N4/c1-27-49-40-24-32(20-21-41(40)50(27)35-11-3-2-4-12-35)46-47-25-34(26-48-46)33-22-31-19-18-30-9-6-14-37-36-13-5-8-28-16-17-29-10-7-15-38(44(29)42(28)36)39(23-33)45(31)43(30)37/h2-26H,1H3. The third-order valence-electron chi connectivity index (χ3n) is 10.5. The van der Waals surface area contributed by atoms with E-state index in [9.17, 15) is 0 Å². The summed E-state index contributed by atoms with van der Waals surface area (Å²) in [6, 6.07) is 50.5. The van der Waals surface area contributed by atoms with Gasteiger partial charge in [-0.2, -0.15) is 0 Å². The van der Waals surface area contributed by atoms with Crippen LogP contribution in [0.4, 0.5) is 0 Å². The normalized spacial score (nSPS) is 12.1. The Morgan fingerprint density at radius 3 is 1.66 bits per heavy atom. The van der Waals surface area contributed by atoms with E-state index >= 15 is 0 Å². The Bertz CT molecular complexity index is 3130. The van der Waals surface area contributed by atoms with E-state index in [0.29, 0.717) is 5.82 Å². The molecule has 0 atom stereocenters. The van der Waals surface area contributed by atoms with Crippen molar-refractivity contribution in [3.05, 3.63) is 158 Å². The van der Waals surface area contributed by atoms with Crippen LogP contribution in [-0.4, -0.2) is 19.5 Å². The first-order valence-corrected chi connectivity index (χ1v) is 17.0. The van der Waals surface area contributed by atoms with E-state index in [1.54, 1.807) is 0 Å². The smallest absolute Gasteiger partial charge is 0.159 e. The van der Waals surface area contributed by atoms with E-state index in [1.165, 1.54) is 64.6 Å². The summed E-state index contributed by atoms with van der Waals surface area (Å²) in [4.78, 5) is 14.7. The van der Waals surface area contributed by atoms with Crippen molar-refractivity contribution in [3.63, 3.8) is 0 Å². The highest BCUT2D eigenvalue weighted by atomic mass is 15.1. The van der Waals surface area contributed by atoms with Gasteiger partial charge < -0.3 is 0 Å². The number of aryl methyl sites for hydroxylation is 1. The van der Waals surface area contributed by atoms with Crippen molar-refractivity contribution in [2.75, 3.05) is 0 Å². The third-order valence-corrected chi connectivity index (χ3v) is 10.5.